The summed E-state index contributed by atoms with van der Waals surface area (Å²) in [4.78, 5) is 12.3. The molecular formula is C15H20ClNO3. The molecule has 2 N–H and O–H groups in total. The number of benzene rings is 1. The molecule has 110 valence electrons. The van der Waals surface area contributed by atoms with Gasteiger partial charge in [-0.1, -0.05) is 24.9 Å². The molecule has 2 atom stereocenters. The van der Waals surface area contributed by atoms with E-state index in [-0.39, 0.29) is 6.10 Å². The van der Waals surface area contributed by atoms with Gasteiger partial charge in [0.25, 0.3) is 0 Å². The number of carbonyl (C=O) groups excluding carboxylic acids is 1. The average Bonchev–Trinajstić information content (AvgIpc) is 2.43. The van der Waals surface area contributed by atoms with Crippen molar-refractivity contribution < 1.29 is 14.3 Å². The minimum absolute atomic E-state index is 0.0303. The predicted octanol–water partition coefficient (Wildman–Crippen LogP) is 3.67. The Labute approximate surface area is 124 Å². The molecule has 0 radical (unpaired) electrons. The van der Waals surface area contributed by atoms with Crippen LogP contribution in [0.3, 0.4) is 0 Å². The number of methoxy groups -OCH3 is 1. The zero-order valence-electron chi connectivity index (χ0n) is 11.8. The van der Waals surface area contributed by atoms with Crippen LogP contribution in [0.4, 0.5) is 5.69 Å². The molecule has 1 fully saturated rings. The zero-order chi connectivity index (χ0) is 14.7. The Morgan fingerprint density at radius 2 is 2.05 bits per heavy atom. The first-order chi connectivity index (χ1) is 9.52. The quantitative estimate of drug-likeness (QED) is 0.683. The van der Waals surface area contributed by atoms with Gasteiger partial charge in [-0.3, -0.25) is 0 Å². The van der Waals surface area contributed by atoms with E-state index in [4.69, 9.17) is 26.8 Å². The second-order valence-electron chi connectivity index (χ2n) is 5.28. The van der Waals surface area contributed by atoms with Crippen LogP contribution in [0.2, 0.25) is 5.02 Å². The Morgan fingerprint density at radius 1 is 1.35 bits per heavy atom. The molecule has 0 amide bonds. The maximum Gasteiger partial charge on any atom is 0.342 e. The topological polar surface area (TPSA) is 61.5 Å². The molecule has 1 aliphatic carbocycles. The Hall–Kier alpha value is -1.42. The summed E-state index contributed by atoms with van der Waals surface area (Å²) in [6.07, 6.45) is 4.28. The third-order valence-electron chi connectivity index (χ3n) is 3.83. The standard InChI is InChI=1S/C15H20ClNO3/c1-9-5-3-4-6-13(9)20-15(18)10-7-11(16)12(17)8-14(10)19-2/h7-9,13H,3-6,17H2,1-2H3. The first-order valence-corrected chi connectivity index (χ1v) is 7.24. The Morgan fingerprint density at radius 3 is 2.70 bits per heavy atom. The molecule has 2 unspecified atom stereocenters. The number of halogens is 1. The average molecular weight is 298 g/mol. The van der Waals surface area contributed by atoms with E-state index in [0.717, 1.165) is 19.3 Å². The molecule has 0 spiro atoms. The van der Waals surface area contributed by atoms with Gasteiger partial charge in [0.1, 0.15) is 17.4 Å². The summed E-state index contributed by atoms with van der Waals surface area (Å²) in [7, 11) is 1.49. The monoisotopic (exact) mass is 297 g/mol. The summed E-state index contributed by atoms with van der Waals surface area (Å²) in [6.45, 7) is 2.12. The number of rotatable bonds is 3. The molecule has 20 heavy (non-hydrogen) atoms. The lowest BCUT2D eigenvalue weighted by Gasteiger charge is -2.28. The van der Waals surface area contributed by atoms with E-state index in [9.17, 15) is 4.79 Å². The highest BCUT2D eigenvalue weighted by Gasteiger charge is 2.26. The van der Waals surface area contributed by atoms with Gasteiger partial charge < -0.3 is 15.2 Å². The van der Waals surface area contributed by atoms with E-state index in [1.165, 1.54) is 19.6 Å². The summed E-state index contributed by atoms with van der Waals surface area (Å²) < 4.78 is 10.8. The maximum atomic E-state index is 12.3. The van der Waals surface area contributed by atoms with Crippen LogP contribution in [0.25, 0.3) is 0 Å². The van der Waals surface area contributed by atoms with Gasteiger partial charge in [-0.05, 0) is 31.2 Å². The lowest BCUT2D eigenvalue weighted by Crippen LogP contribution is -2.28. The number of carbonyl (C=O) groups is 1. The van der Waals surface area contributed by atoms with Crippen LogP contribution in [0.1, 0.15) is 43.0 Å². The smallest absolute Gasteiger partial charge is 0.342 e. The van der Waals surface area contributed by atoms with Crippen molar-refractivity contribution in [2.45, 2.75) is 38.7 Å². The van der Waals surface area contributed by atoms with E-state index in [1.807, 2.05) is 0 Å². The second-order valence-corrected chi connectivity index (χ2v) is 5.69. The SMILES string of the molecule is COc1cc(N)c(Cl)cc1C(=O)OC1CCCCC1C. The molecule has 2 rings (SSSR count). The molecule has 0 aliphatic heterocycles. The number of nitrogens with two attached hydrogens (primary N) is 1. The van der Waals surface area contributed by atoms with Crippen LogP contribution in [0.15, 0.2) is 12.1 Å². The van der Waals surface area contributed by atoms with Crippen molar-refractivity contribution in [2.75, 3.05) is 12.8 Å². The third kappa shape index (κ3) is 3.18. The first kappa shape index (κ1) is 15.0. The number of hydrogen-bond donors (Lipinski definition) is 1. The fourth-order valence-electron chi connectivity index (χ4n) is 2.56. The van der Waals surface area contributed by atoms with Gasteiger partial charge in [-0.25, -0.2) is 4.79 Å². The highest BCUT2D eigenvalue weighted by atomic mass is 35.5. The fourth-order valence-corrected chi connectivity index (χ4v) is 2.72. The Bertz CT molecular complexity index is 504. The highest BCUT2D eigenvalue weighted by molar-refractivity contribution is 6.33. The molecule has 1 aromatic carbocycles. The van der Waals surface area contributed by atoms with E-state index >= 15 is 0 Å². The van der Waals surface area contributed by atoms with Gasteiger partial charge in [-0.15, -0.1) is 0 Å². The van der Waals surface area contributed by atoms with E-state index < -0.39 is 5.97 Å². The molecule has 0 heterocycles. The Balaban J connectivity index is 2.18. The molecule has 4 nitrogen and oxygen atoms in total. The Kier molecular flexibility index (Phi) is 4.76. The van der Waals surface area contributed by atoms with Crippen LogP contribution in [0, 0.1) is 5.92 Å². The van der Waals surface area contributed by atoms with Crippen molar-refractivity contribution in [2.24, 2.45) is 5.92 Å². The molecule has 1 aromatic rings. The molecule has 0 saturated heterocycles. The number of ether oxygens (including phenoxy) is 2. The van der Waals surface area contributed by atoms with Crippen LogP contribution in [0.5, 0.6) is 5.75 Å². The van der Waals surface area contributed by atoms with Gasteiger partial charge in [0.2, 0.25) is 0 Å². The normalized spacial score (nSPS) is 22.4. The van der Waals surface area contributed by atoms with Crippen molar-refractivity contribution in [1.82, 2.24) is 0 Å². The van der Waals surface area contributed by atoms with Crippen LogP contribution >= 0.6 is 11.6 Å². The third-order valence-corrected chi connectivity index (χ3v) is 4.16. The minimum Gasteiger partial charge on any atom is -0.496 e. The van der Waals surface area contributed by atoms with E-state index in [0.29, 0.717) is 27.9 Å². The lowest BCUT2D eigenvalue weighted by molar-refractivity contribution is 0.00454. The fraction of sp³-hybridized carbons (Fsp3) is 0.533. The van der Waals surface area contributed by atoms with Gasteiger partial charge in [0.15, 0.2) is 0 Å². The van der Waals surface area contributed by atoms with E-state index in [2.05, 4.69) is 6.92 Å². The molecule has 0 aromatic heterocycles. The summed E-state index contributed by atoms with van der Waals surface area (Å²) in [5, 5.41) is 0.328. The summed E-state index contributed by atoms with van der Waals surface area (Å²) in [6, 6.07) is 3.05. The predicted molar refractivity (Wildman–Crippen MR) is 79.3 cm³/mol. The highest BCUT2D eigenvalue weighted by Crippen LogP contribution is 2.32. The van der Waals surface area contributed by atoms with Crippen LogP contribution in [-0.4, -0.2) is 19.2 Å². The molecule has 1 saturated carbocycles. The van der Waals surface area contributed by atoms with Crippen molar-refractivity contribution in [3.05, 3.63) is 22.7 Å². The maximum absolute atomic E-state index is 12.3. The molecule has 5 heteroatoms. The number of anilines is 1. The lowest BCUT2D eigenvalue weighted by atomic mass is 9.88. The van der Waals surface area contributed by atoms with Gasteiger partial charge in [-0.2, -0.15) is 0 Å². The van der Waals surface area contributed by atoms with Gasteiger partial charge >= 0.3 is 5.97 Å². The number of esters is 1. The molecule has 0 bridgehead atoms. The van der Waals surface area contributed by atoms with Crippen LogP contribution < -0.4 is 10.5 Å². The van der Waals surface area contributed by atoms with Crippen molar-refractivity contribution in [3.63, 3.8) is 0 Å². The first-order valence-electron chi connectivity index (χ1n) is 6.87. The molecular weight excluding hydrogens is 278 g/mol. The van der Waals surface area contributed by atoms with Crippen LogP contribution in [-0.2, 0) is 4.74 Å². The van der Waals surface area contributed by atoms with Gasteiger partial charge in [0.05, 0.1) is 17.8 Å². The van der Waals surface area contributed by atoms with Gasteiger partial charge in [0, 0.05) is 6.07 Å². The number of hydrogen-bond acceptors (Lipinski definition) is 4. The summed E-state index contributed by atoms with van der Waals surface area (Å²) >= 11 is 5.97. The minimum atomic E-state index is -0.400. The van der Waals surface area contributed by atoms with E-state index in [1.54, 1.807) is 6.07 Å². The van der Waals surface area contributed by atoms with Crippen molar-refractivity contribution >= 4 is 23.3 Å². The molecule has 1 aliphatic rings. The number of nitrogen functional groups attached to an aromatic ring is 1. The second kappa shape index (κ2) is 6.35. The van der Waals surface area contributed by atoms with Crippen molar-refractivity contribution in [3.8, 4) is 5.75 Å². The summed E-state index contributed by atoms with van der Waals surface area (Å²) in [5.74, 6) is 0.380. The zero-order valence-corrected chi connectivity index (χ0v) is 12.6. The largest absolute Gasteiger partial charge is 0.496 e. The summed E-state index contributed by atoms with van der Waals surface area (Å²) in [5.41, 5.74) is 6.41. The van der Waals surface area contributed by atoms with Crippen molar-refractivity contribution in [1.29, 1.82) is 0 Å².